The monoisotopic (exact) mass is 338 g/mol. The molecule has 1 amide bonds. The summed E-state index contributed by atoms with van der Waals surface area (Å²) in [4.78, 5) is 21.2. The van der Waals surface area contributed by atoms with Crippen LogP contribution in [0.4, 0.5) is 5.69 Å². The topological polar surface area (TPSA) is 41.4 Å². The van der Waals surface area contributed by atoms with E-state index in [0.29, 0.717) is 12.5 Å². The Morgan fingerprint density at radius 3 is 2.56 bits per heavy atom. The molecule has 1 aromatic carbocycles. The number of benzene rings is 1. The van der Waals surface area contributed by atoms with Crippen LogP contribution in [0.15, 0.2) is 30.5 Å². The molecule has 0 atom stereocenters. The fourth-order valence-corrected chi connectivity index (χ4v) is 3.81. The Labute approximate surface area is 149 Å². The number of unbranched alkanes of at least 4 members (excludes halogenated alkanes) is 1. The molecule has 2 aliphatic rings. The van der Waals surface area contributed by atoms with Gasteiger partial charge in [-0.15, -0.1) is 0 Å². The van der Waals surface area contributed by atoms with E-state index < -0.39 is 0 Å². The number of rotatable bonds is 5. The molecular formula is C20H26N4O. The Morgan fingerprint density at radius 1 is 1.08 bits per heavy atom. The summed E-state index contributed by atoms with van der Waals surface area (Å²) in [5.41, 5.74) is 3.46. The number of anilines is 1. The minimum atomic E-state index is 0.0598. The number of fused-ring (bicyclic) bond motifs is 1. The molecule has 0 saturated carbocycles. The lowest BCUT2D eigenvalue weighted by Gasteiger charge is -2.28. The van der Waals surface area contributed by atoms with Gasteiger partial charge in [0.1, 0.15) is 0 Å². The smallest absolute Gasteiger partial charge is 0.291 e. The lowest BCUT2D eigenvalue weighted by molar-refractivity contribution is 0.0764. The molecule has 5 heteroatoms. The van der Waals surface area contributed by atoms with Crippen molar-refractivity contribution in [3.63, 3.8) is 0 Å². The Balaban J connectivity index is 1.54. The first-order chi connectivity index (χ1) is 12.3. The number of carbonyl (C=O) groups excluding carboxylic acids is 1. The average molecular weight is 338 g/mol. The number of piperidine rings is 1. The zero-order valence-corrected chi connectivity index (χ0v) is 14.9. The average Bonchev–Trinajstić information content (AvgIpc) is 3.21. The quantitative estimate of drug-likeness (QED) is 0.834. The first-order valence-electron chi connectivity index (χ1n) is 9.48. The van der Waals surface area contributed by atoms with Gasteiger partial charge in [-0.1, -0.05) is 25.5 Å². The van der Waals surface area contributed by atoms with Crippen LogP contribution in [0.3, 0.4) is 0 Å². The molecule has 0 bridgehead atoms. The normalized spacial score (nSPS) is 17.2. The molecule has 25 heavy (non-hydrogen) atoms. The van der Waals surface area contributed by atoms with Crippen LogP contribution in [0.5, 0.6) is 0 Å². The van der Waals surface area contributed by atoms with Crippen LogP contribution >= 0.6 is 0 Å². The van der Waals surface area contributed by atoms with Gasteiger partial charge in [-0.05, 0) is 43.4 Å². The minimum Gasteiger partial charge on any atom is -0.372 e. The van der Waals surface area contributed by atoms with Crippen LogP contribution in [0.2, 0.25) is 0 Å². The Bertz CT molecular complexity index is 744. The molecule has 0 spiro atoms. The lowest BCUT2D eigenvalue weighted by atomic mass is 10.1. The van der Waals surface area contributed by atoms with E-state index in [-0.39, 0.29) is 5.91 Å². The SMILES string of the molecule is CCCCN1Cn2c(-c3ccc(N4CCCCC4)cc3)cnc2C1=O. The van der Waals surface area contributed by atoms with Crippen molar-refractivity contribution in [1.29, 1.82) is 0 Å². The van der Waals surface area contributed by atoms with Crippen LogP contribution in [0, 0.1) is 0 Å². The van der Waals surface area contributed by atoms with E-state index in [4.69, 9.17) is 0 Å². The van der Waals surface area contributed by atoms with E-state index in [1.54, 1.807) is 0 Å². The second kappa shape index (κ2) is 6.90. The Hall–Kier alpha value is -2.30. The predicted molar refractivity (Wildman–Crippen MR) is 99.7 cm³/mol. The molecule has 3 heterocycles. The van der Waals surface area contributed by atoms with Gasteiger partial charge in [0.05, 0.1) is 18.6 Å². The summed E-state index contributed by atoms with van der Waals surface area (Å²) in [7, 11) is 0. The molecule has 1 aromatic heterocycles. The van der Waals surface area contributed by atoms with Crippen LogP contribution < -0.4 is 4.90 Å². The van der Waals surface area contributed by atoms with Gasteiger partial charge < -0.3 is 14.4 Å². The fourth-order valence-electron chi connectivity index (χ4n) is 3.81. The van der Waals surface area contributed by atoms with Crippen molar-refractivity contribution in [2.45, 2.75) is 45.7 Å². The van der Waals surface area contributed by atoms with E-state index in [1.807, 2.05) is 15.7 Å². The third-order valence-corrected chi connectivity index (χ3v) is 5.31. The third kappa shape index (κ3) is 3.03. The molecule has 1 fully saturated rings. The van der Waals surface area contributed by atoms with Crippen molar-refractivity contribution in [3.8, 4) is 11.3 Å². The minimum absolute atomic E-state index is 0.0598. The zero-order chi connectivity index (χ0) is 17.2. The molecule has 2 aliphatic heterocycles. The molecular weight excluding hydrogens is 312 g/mol. The van der Waals surface area contributed by atoms with Crippen LogP contribution in [0.25, 0.3) is 11.3 Å². The molecule has 4 rings (SSSR count). The zero-order valence-electron chi connectivity index (χ0n) is 14.9. The van der Waals surface area contributed by atoms with Gasteiger partial charge in [0.2, 0.25) is 5.82 Å². The van der Waals surface area contributed by atoms with Crippen LogP contribution in [-0.2, 0) is 6.67 Å². The summed E-state index contributed by atoms with van der Waals surface area (Å²) >= 11 is 0. The van der Waals surface area contributed by atoms with Gasteiger partial charge >= 0.3 is 0 Å². The van der Waals surface area contributed by atoms with Gasteiger partial charge in [0.15, 0.2) is 0 Å². The Morgan fingerprint density at radius 2 is 1.84 bits per heavy atom. The highest BCUT2D eigenvalue weighted by Crippen LogP contribution is 2.28. The van der Waals surface area contributed by atoms with Gasteiger partial charge in [-0.25, -0.2) is 4.98 Å². The maximum Gasteiger partial charge on any atom is 0.291 e. The number of amides is 1. The second-order valence-corrected chi connectivity index (χ2v) is 7.05. The van der Waals surface area contributed by atoms with Crippen molar-refractivity contribution < 1.29 is 4.79 Å². The number of hydrogen-bond donors (Lipinski definition) is 0. The van der Waals surface area contributed by atoms with Gasteiger partial charge in [-0.2, -0.15) is 0 Å². The number of aromatic nitrogens is 2. The Kier molecular flexibility index (Phi) is 4.47. The number of nitrogens with zero attached hydrogens (tertiary/aromatic N) is 4. The second-order valence-electron chi connectivity index (χ2n) is 7.05. The highest BCUT2D eigenvalue weighted by molar-refractivity contribution is 5.93. The summed E-state index contributed by atoms with van der Waals surface area (Å²) in [5, 5.41) is 0. The predicted octanol–water partition coefficient (Wildman–Crippen LogP) is 3.75. The summed E-state index contributed by atoms with van der Waals surface area (Å²) in [6.07, 6.45) is 7.88. The van der Waals surface area contributed by atoms with Crippen molar-refractivity contribution in [3.05, 3.63) is 36.3 Å². The fraction of sp³-hybridized carbons (Fsp3) is 0.500. The van der Waals surface area contributed by atoms with E-state index in [0.717, 1.165) is 43.7 Å². The van der Waals surface area contributed by atoms with Crippen molar-refractivity contribution in [2.75, 3.05) is 24.5 Å². The summed E-state index contributed by atoms with van der Waals surface area (Å²) < 4.78 is 2.05. The summed E-state index contributed by atoms with van der Waals surface area (Å²) in [6, 6.07) is 8.72. The molecule has 0 aliphatic carbocycles. The summed E-state index contributed by atoms with van der Waals surface area (Å²) in [5.74, 6) is 0.635. The van der Waals surface area contributed by atoms with E-state index in [2.05, 4.69) is 41.1 Å². The maximum absolute atomic E-state index is 12.4. The van der Waals surface area contributed by atoms with E-state index in [9.17, 15) is 4.79 Å². The van der Waals surface area contributed by atoms with Gasteiger partial charge in [0, 0.05) is 25.3 Å². The first-order valence-corrected chi connectivity index (χ1v) is 9.48. The largest absolute Gasteiger partial charge is 0.372 e. The van der Waals surface area contributed by atoms with Crippen molar-refractivity contribution in [1.82, 2.24) is 14.5 Å². The molecule has 132 valence electrons. The number of imidazole rings is 1. The van der Waals surface area contributed by atoms with E-state index in [1.165, 1.54) is 24.9 Å². The lowest BCUT2D eigenvalue weighted by Crippen LogP contribution is -2.29. The molecule has 0 N–H and O–H groups in total. The van der Waals surface area contributed by atoms with Crippen molar-refractivity contribution >= 4 is 11.6 Å². The van der Waals surface area contributed by atoms with Crippen molar-refractivity contribution in [2.24, 2.45) is 0 Å². The molecule has 0 radical (unpaired) electrons. The highest BCUT2D eigenvalue weighted by Gasteiger charge is 2.30. The molecule has 1 saturated heterocycles. The standard InChI is InChI=1S/C20H26N4O/c1-2-3-11-23-15-24-18(14-21-19(24)20(23)25)16-7-9-17(10-8-16)22-12-5-4-6-13-22/h7-10,14H,2-6,11-13,15H2,1H3. The highest BCUT2D eigenvalue weighted by atomic mass is 16.2. The van der Waals surface area contributed by atoms with E-state index >= 15 is 0 Å². The number of hydrogen-bond acceptors (Lipinski definition) is 3. The van der Waals surface area contributed by atoms with Gasteiger partial charge in [-0.3, -0.25) is 4.79 Å². The summed E-state index contributed by atoms with van der Waals surface area (Å²) in [6.45, 7) is 5.89. The third-order valence-electron chi connectivity index (χ3n) is 5.31. The van der Waals surface area contributed by atoms with Crippen LogP contribution in [0.1, 0.15) is 49.6 Å². The maximum atomic E-state index is 12.4. The molecule has 0 unspecified atom stereocenters. The molecule has 2 aromatic rings. The van der Waals surface area contributed by atoms with Gasteiger partial charge in [0.25, 0.3) is 5.91 Å². The number of carbonyl (C=O) groups is 1. The molecule has 5 nitrogen and oxygen atoms in total. The first kappa shape index (κ1) is 16.2. The van der Waals surface area contributed by atoms with Crippen LogP contribution in [-0.4, -0.2) is 40.0 Å².